The number of likely N-dealkylation sites (tertiary alicyclic amines) is 1. The number of pyridine rings is 1. The number of aryl methyl sites for hydroxylation is 1. The Kier molecular flexibility index (Phi) is 7.40. The highest BCUT2D eigenvalue weighted by molar-refractivity contribution is 5.84. The summed E-state index contributed by atoms with van der Waals surface area (Å²) in [7, 11) is 0. The molecule has 0 bridgehead atoms. The summed E-state index contributed by atoms with van der Waals surface area (Å²) in [6, 6.07) is 13.3. The van der Waals surface area contributed by atoms with Crippen molar-refractivity contribution in [2.75, 3.05) is 32.8 Å². The Morgan fingerprint density at radius 3 is 2.70 bits per heavy atom. The van der Waals surface area contributed by atoms with Gasteiger partial charge >= 0.3 is 0 Å². The van der Waals surface area contributed by atoms with Crippen LogP contribution < -0.4 is 15.6 Å². The Morgan fingerprint density at radius 1 is 1.09 bits per heavy atom. The molecule has 1 N–H and O–H groups in total. The van der Waals surface area contributed by atoms with E-state index in [1.165, 1.54) is 31.4 Å². The molecule has 33 heavy (non-hydrogen) atoms. The van der Waals surface area contributed by atoms with Crippen molar-refractivity contribution in [2.45, 2.75) is 32.7 Å². The lowest BCUT2D eigenvalue weighted by Crippen LogP contribution is -2.39. The normalized spacial score (nSPS) is 14.4. The highest BCUT2D eigenvalue weighted by Crippen LogP contribution is 2.23. The molecule has 174 valence electrons. The molecular formula is C26H30FN3O3. The topological polar surface area (TPSA) is 63.6 Å². The number of carbonyl (C=O) groups excluding carboxylic acids is 1. The third kappa shape index (κ3) is 5.99. The first-order valence-electron chi connectivity index (χ1n) is 11.5. The SMILES string of the molecule is Cc1cc(=O)n(Cc2cccc(F)c2)c2cc(OCC(=O)NCCN3CCCCC3)ccc12. The molecule has 0 spiro atoms. The largest absolute Gasteiger partial charge is 0.484 e. The summed E-state index contributed by atoms with van der Waals surface area (Å²) in [6.07, 6.45) is 3.74. The van der Waals surface area contributed by atoms with Crippen LogP contribution in [-0.2, 0) is 11.3 Å². The number of rotatable bonds is 8. The smallest absolute Gasteiger partial charge is 0.257 e. The molecule has 2 heterocycles. The first kappa shape index (κ1) is 23.0. The van der Waals surface area contributed by atoms with Crippen LogP contribution in [0.4, 0.5) is 4.39 Å². The second-order valence-electron chi connectivity index (χ2n) is 8.60. The van der Waals surface area contributed by atoms with Crippen LogP contribution in [0.15, 0.2) is 53.3 Å². The number of fused-ring (bicyclic) bond motifs is 1. The van der Waals surface area contributed by atoms with Crippen molar-refractivity contribution in [3.8, 4) is 5.75 Å². The molecule has 1 saturated heterocycles. The Labute approximate surface area is 193 Å². The summed E-state index contributed by atoms with van der Waals surface area (Å²) in [6.45, 7) is 5.69. The van der Waals surface area contributed by atoms with Crippen molar-refractivity contribution in [1.29, 1.82) is 0 Å². The zero-order valence-electron chi connectivity index (χ0n) is 19.0. The summed E-state index contributed by atoms with van der Waals surface area (Å²) in [5.41, 5.74) is 2.07. The van der Waals surface area contributed by atoms with Crippen molar-refractivity contribution in [1.82, 2.24) is 14.8 Å². The number of benzene rings is 2. The van der Waals surface area contributed by atoms with E-state index in [1.807, 2.05) is 13.0 Å². The van der Waals surface area contributed by atoms with Crippen LogP contribution in [0.25, 0.3) is 10.9 Å². The van der Waals surface area contributed by atoms with Gasteiger partial charge in [-0.2, -0.15) is 0 Å². The van der Waals surface area contributed by atoms with Crippen LogP contribution in [0.3, 0.4) is 0 Å². The zero-order chi connectivity index (χ0) is 23.2. The molecule has 3 aromatic rings. The molecule has 1 amide bonds. The van der Waals surface area contributed by atoms with E-state index in [4.69, 9.17) is 4.74 Å². The second-order valence-corrected chi connectivity index (χ2v) is 8.60. The third-order valence-corrected chi connectivity index (χ3v) is 6.09. The fourth-order valence-corrected chi connectivity index (χ4v) is 4.33. The van der Waals surface area contributed by atoms with Gasteiger partial charge in [0.15, 0.2) is 6.61 Å². The average molecular weight is 452 g/mol. The molecule has 4 rings (SSSR count). The molecule has 1 aliphatic heterocycles. The molecule has 0 atom stereocenters. The number of nitrogens with one attached hydrogen (secondary N) is 1. The van der Waals surface area contributed by atoms with Crippen molar-refractivity contribution < 1.29 is 13.9 Å². The fourth-order valence-electron chi connectivity index (χ4n) is 4.33. The number of amides is 1. The van der Waals surface area contributed by atoms with Crippen LogP contribution in [0.5, 0.6) is 5.75 Å². The van der Waals surface area contributed by atoms with Gasteiger partial charge in [-0.05, 0) is 68.2 Å². The predicted molar refractivity (Wildman–Crippen MR) is 127 cm³/mol. The van der Waals surface area contributed by atoms with E-state index >= 15 is 0 Å². The van der Waals surface area contributed by atoms with E-state index in [2.05, 4.69) is 10.2 Å². The Morgan fingerprint density at radius 2 is 1.91 bits per heavy atom. The lowest BCUT2D eigenvalue weighted by Gasteiger charge is -2.26. The van der Waals surface area contributed by atoms with Gasteiger partial charge in [0.1, 0.15) is 11.6 Å². The van der Waals surface area contributed by atoms with E-state index in [-0.39, 0.29) is 30.4 Å². The van der Waals surface area contributed by atoms with Crippen LogP contribution in [0.2, 0.25) is 0 Å². The van der Waals surface area contributed by atoms with Gasteiger partial charge in [0.05, 0.1) is 12.1 Å². The maximum absolute atomic E-state index is 13.6. The quantitative estimate of drug-likeness (QED) is 0.570. The van der Waals surface area contributed by atoms with Crippen LogP contribution >= 0.6 is 0 Å². The first-order chi connectivity index (χ1) is 16.0. The van der Waals surface area contributed by atoms with Gasteiger partial charge < -0.3 is 19.5 Å². The van der Waals surface area contributed by atoms with Crippen molar-refractivity contribution in [3.63, 3.8) is 0 Å². The number of aromatic nitrogens is 1. The van der Waals surface area contributed by atoms with Crippen molar-refractivity contribution in [3.05, 3.63) is 75.8 Å². The lowest BCUT2D eigenvalue weighted by atomic mass is 10.1. The van der Waals surface area contributed by atoms with Crippen molar-refractivity contribution >= 4 is 16.8 Å². The Bertz CT molecular complexity index is 1190. The van der Waals surface area contributed by atoms with Gasteiger partial charge in [-0.15, -0.1) is 0 Å². The van der Waals surface area contributed by atoms with Gasteiger partial charge in [0, 0.05) is 30.6 Å². The number of carbonyl (C=O) groups is 1. The van der Waals surface area contributed by atoms with E-state index < -0.39 is 0 Å². The highest BCUT2D eigenvalue weighted by Gasteiger charge is 2.12. The molecule has 7 heteroatoms. The van der Waals surface area contributed by atoms with Crippen LogP contribution in [0, 0.1) is 12.7 Å². The summed E-state index contributed by atoms with van der Waals surface area (Å²) in [4.78, 5) is 27.3. The van der Waals surface area contributed by atoms with Crippen molar-refractivity contribution in [2.24, 2.45) is 0 Å². The number of halogens is 1. The number of hydrogen-bond donors (Lipinski definition) is 1. The Hall–Kier alpha value is -3.19. The minimum absolute atomic E-state index is 0.0918. The van der Waals surface area contributed by atoms with Gasteiger partial charge in [-0.1, -0.05) is 18.6 Å². The maximum atomic E-state index is 13.6. The molecule has 1 fully saturated rings. The minimum Gasteiger partial charge on any atom is -0.484 e. The lowest BCUT2D eigenvalue weighted by molar-refractivity contribution is -0.123. The number of ether oxygens (including phenoxy) is 1. The molecule has 0 saturated carbocycles. The van der Waals surface area contributed by atoms with Crippen LogP contribution in [-0.4, -0.2) is 48.2 Å². The monoisotopic (exact) mass is 451 g/mol. The van der Waals surface area contributed by atoms with Gasteiger partial charge in [-0.3, -0.25) is 9.59 Å². The standard InChI is InChI=1S/C26H30FN3O3/c1-19-14-26(32)30(17-20-6-5-7-21(27)15-20)24-16-22(8-9-23(19)24)33-18-25(31)28-10-13-29-11-3-2-4-12-29/h5-9,14-16H,2-4,10-13,17-18H2,1H3,(H,28,31). The molecule has 0 radical (unpaired) electrons. The number of piperidine rings is 1. The molecule has 6 nitrogen and oxygen atoms in total. The number of nitrogens with zero attached hydrogens (tertiary/aromatic N) is 2. The average Bonchev–Trinajstić information content (AvgIpc) is 2.81. The second kappa shape index (κ2) is 10.6. The van der Waals surface area contributed by atoms with E-state index in [0.29, 0.717) is 23.4 Å². The molecule has 1 aromatic heterocycles. The summed E-state index contributed by atoms with van der Waals surface area (Å²) >= 11 is 0. The van der Waals surface area contributed by atoms with E-state index in [9.17, 15) is 14.0 Å². The molecule has 2 aromatic carbocycles. The van der Waals surface area contributed by atoms with E-state index in [0.717, 1.165) is 30.6 Å². The molecular weight excluding hydrogens is 421 g/mol. The predicted octanol–water partition coefficient (Wildman–Crippen LogP) is 3.48. The molecule has 1 aliphatic rings. The molecule has 0 unspecified atom stereocenters. The molecule has 0 aliphatic carbocycles. The van der Waals surface area contributed by atoms with Gasteiger partial charge in [0.2, 0.25) is 0 Å². The van der Waals surface area contributed by atoms with Crippen LogP contribution in [0.1, 0.15) is 30.4 Å². The third-order valence-electron chi connectivity index (χ3n) is 6.09. The number of hydrogen-bond acceptors (Lipinski definition) is 4. The summed E-state index contributed by atoms with van der Waals surface area (Å²) in [5, 5.41) is 3.82. The first-order valence-corrected chi connectivity index (χ1v) is 11.5. The van der Waals surface area contributed by atoms with Gasteiger partial charge in [0.25, 0.3) is 11.5 Å². The highest BCUT2D eigenvalue weighted by atomic mass is 19.1. The van der Waals surface area contributed by atoms with Gasteiger partial charge in [-0.25, -0.2) is 4.39 Å². The fraction of sp³-hybridized carbons (Fsp3) is 0.385. The Balaban J connectivity index is 1.44. The van der Waals surface area contributed by atoms with E-state index in [1.54, 1.807) is 34.9 Å². The summed E-state index contributed by atoms with van der Waals surface area (Å²) in [5.74, 6) is -0.00698. The zero-order valence-corrected chi connectivity index (χ0v) is 19.0. The summed E-state index contributed by atoms with van der Waals surface area (Å²) < 4.78 is 21.0. The maximum Gasteiger partial charge on any atom is 0.257 e. The minimum atomic E-state index is -0.340.